The summed E-state index contributed by atoms with van der Waals surface area (Å²) in [5, 5.41) is 0. The first-order chi connectivity index (χ1) is 7.22. The van der Waals surface area contributed by atoms with E-state index in [2.05, 4.69) is 24.0 Å². The van der Waals surface area contributed by atoms with Gasteiger partial charge in [0.2, 0.25) is 0 Å². The molecule has 3 heteroatoms. The number of esters is 1. The maximum absolute atomic E-state index is 11.3. The van der Waals surface area contributed by atoms with E-state index in [4.69, 9.17) is 4.74 Å². The predicted molar refractivity (Wildman–Crippen MR) is 59.0 cm³/mol. The summed E-state index contributed by atoms with van der Waals surface area (Å²) in [7, 11) is 1.43. The van der Waals surface area contributed by atoms with Gasteiger partial charge in [0.15, 0.2) is 0 Å². The minimum absolute atomic E-state index is 0.182. The van der Waals surface area contributed by atoms with E-state index in [1.54, 1.807) is 0 Å². The van der Waals surface area contributed by atoms with Crippen molar-refractivity contribution in [1.82, 2.24) is 0 Å². The minimum atomic E-state index is -0.182. The van der Waals surface area contributed by atoms with E-state index in [1.165, 1.54) is 12.7 Å². The second-order valence-corrected chi connectivity index (χ2v) is 3.89. The van der Waals surface area contributed by atoms with Crippen LogP contribution in [-0.2, 0) is 16.0 Å². The number of rotatable bonds is 2. The molecule has 0 bridgehead atoms. The molecule has 15 heavy (non-hydrogen) atoms. The summed E-state index contributed by atoms with van der Waals surface area (Å²) in [5.41, 5.74) is 2.48. The third kappa shape index (κ3) is 1.82. The van der Waals surface area contributed by atoms with Crippen molar-refractivity contribution in [3.8, 4) is 0 Å². The van der Waals surface area contributed by atoms with Crippen LogP contribution in [0.5, 0.6) is 0 Å². The van der Waals surface area contributed by atoms with Gasteiger partial charge in [0.25, 0.3) is 0 Å². The van der Waals surface area contributed by atoms with Crippen LogP contribution in [0.25, 0.3) is 0 Å². The third-order valence-corrected chi connectivity index (χ3v) is 2.88. The number of fused-ring (bicyclic) bond motifs is 1. The number of methoxy groups -OCH3 is 1. The molecule has 1 atom stereocenters. The number of hydrogen-bond donors (Lipinski definition) is 0. The monoisotopic (exact) mass is 205 g/mol. The molecule has 0 aliphatic carbocycles. The highest BCUT2D eigenvalue weighted by atomic mass is 16.5. The number of ether oxygens (including phenoxy) is 1. The van der Waals surface area contributed by atoms with Crippen LogP contribution in [0.3, 0.4) is 0 Å². The highest BCUT2D eigenvalue weighted by Crippen LogP contribution is 2.31. The van der Waals surface area contributed by atoms with Crippen LogP contribution in [0.1, 0.15) is 12.5 Å². The van der Waals surface area contributed by atoms with Gasteiger partial charge in [-0.2, -0.15) is 0 Å². The van der Waals surface area contributed by atoms with Crippen molar-refractivity contribution in [3.05, 3.63) is 29.8 Å². The summed E-state index contributed by atoms with van der Waals surface area (Å²) in [6.07, 6.45) is 1.01. The van der Waals surface area contributed by atoms with Crippen LogP contribution in [-0.4, -0.2) is 25.7 Å². The molecule has 0 radical (unpaired) electrons. The summed E-state index contributed by atoms with van der Waals surface area (Å²) in [5.74, 6) is -0.182. The first-order valence-corrected chi connectivity index (χ1v) is 5.13. The van der Waals surface area contributed by atoms with Crippen molar-refractivity contribution in [2.45, 2.75) is 19.4 Å². The lowest BCUT2D eigenvalue weighted by Gasteiger charge is -2.23. The molecule has 0 N–H and O–H groups in total. The zero-order valence-electron chi connectivity index (χ0n) is 9.06. The van der Waals surface area contributed by atoms with Crippen LogP contribution >= 0.6 is 0 Å². The molecule has 0 aromatic heterocycles. The van der Waals surface area contributed by atoms with Gasteiger partial charge in [-0.05, 0) is 25.0 Å². The number of carbonyl (C=O) groups is 1. The van der Waals surface area contributed by atoms with Gasteiger partial charge in [-0.1, -0.05) is 18.2 Å². The second kappa shape index (κ2) is 3.93. The van der Waals surface area contributed by atoms with Crippen molar-refractivity contribution in [2.24, 2.45) is 0 Å². The molecule has 0 saturated heterocycles. The maximum Gasteiger partial charge on any atom is 0.325 e. The van der Waals surface area contributed by atoms with Crippen LogP contribution in [0.4, 0.5) is 5.69 Å². The standard InChI is InChI=1S/C12H15NO2/c1-9-7-10-5-3-4-6-11(10)13(9)8-12(14)15-2/h3-6,9H,7-8H2,1-2H3. The van der Waals surface area contributed by atoms with E-state index in [0.717, 1.165) is 12.1 Å². The quantitative estimate of drug-likeness (QED) is 0.687. The summed E-state index contributed by atoms with van der Waals surface area (Å²) in [6, 6.07) is 8.58. The molecule has 80 valence electrons. The van der Waals surface area contributed by atoms with E-state index in [1.807, 2.05) is 12.1 Å². The number of hydrogen-bond acceptors (Lipinski definition) is 3. The second-order valence-electron chi connectivity index (χ2n) is 3.89. The average molecular weight is 205 g/mol. The Balaban J connectivity index is 2.22. The smallest absolute Gasteiger partial charge is 0.325 e. The average Bonchev–Trinajstić information content (AvgIpc) is 2.55. The predicted octanol–water partition coefficient (Wildman–Crippen LogP) is 1.61. The Morgan fingerprint density at radius 2 is 2.27 bits per heavy atom. The van der Waals surface area contributed by atoms with Crippen LogP contribution < -0.4 is 4.90 Å². The molecule has 1 heterocycles. The molecule has 1 aliphatic heterocycles. The fourth-order valence-corrected chi connectivity index (χ4v) is 2.07. The number of carbonyl (C=O) groups excluding carboxylic acids is 1. The van der Waals surface area contributed by atoms with Crippen molar-refractivity contribution in [2.75, 3.05) is 18.6 Å². The Morgan fingerprint density at radius 1 is 1.53 bits per heavy atom. The van der Waals surface area contributed by atoms with Gasteiger partial charge in [-0.25, -0.2) is 0 Å². The summed E-state index contributed by atoms with van der Waals surface area (Å²) >= 11 is 0. The lowest BCUT2D eigenvalue weighted by molar-refractivity contribution is -0.139. The van der Waals surface area contributed by atoms with Gasteiger partial charge in [-0.3, -0.25) is 4.79 Å². The summed E-state index contributed by atoms with van der Waals surface area (Å²) in [4.78, 5) is 13.4. The van der Waals surface area contributed by atoms with E-state index in [-0.39, 0.29) is 5.97 Å². The zero-order valence-corrected chi connectivity index (χ0v) is 9.06. The summed E-state index contributed by atoms with van der Waals surface area (Å²) in [6.45, 7) is 2.47. The fourth-order valence-electron chi connectivity index (χ4n) is 2.07. The van der Waals surface area contributed by atoms with Gasteiger partial charge in [0, 0.05) is 11.7 Å². The molecule has 3 nitrogen and oxygen atoms in total. The van der Waals surface area contributed by atoms with Crippen LogP contribution in [0, 0.1) is 0 Å². The Hall–Kier alpha value is -1.51. The molecule has 1 aromatic rings. The molecule has 0 amide bonds. The van der Waals surface area contributed by atoms with E-state index in [9.17, 15) is 4.79 Å². The molecular formula is C12H15NO2. The number of anilines is 1. The van der Waals surface area contributed by atoms with Gasteiger partial charge in [-0.15, -0.1) is 0 Å². The van der Waals surface area contributed by atoms with Crippen molar-refractivity contribution >= 4 is 11.7 Å². The number of para-hydroxylation sites is 1. The fraction of sp³-hybridized carbons (Fsp3) is 0.417. The summed E-state index contributed by atoms with van der Waals surface area (Å²) < 4.78 is 4.69. The molecule has 0 fully saturated rings. The maximum atomic E-state index is 11.3. The highest BCUT2D eigenvalue weighted by molar-refractivity contribution is 5.77. The minimum Gasteiger partial charge on any atom is -0.468 e. The van der Waals surface area contributed by atoms with Crippen LogP contribution in [0.15, 0.2) is 24.3 Å². The van der Waals surface area contributed by atoms with Gasteiger partial charge in [0.05, 0.1) is 7.11 Å². The molecule has 2 rings (SSSR count). The first-order valence-electron chi connectivity index (χ1n) is 5.13. The number of nitrogens with zero attached hydrogens (tertiary/aromatic N) is 1. The van der Waals surface area contributed by atoms with Crippen molar-refractivity contribution in [3.63, 3.8) is 0 Å². The van der Waals surface area contributed by atoms with E-state index in [0.29, 0.717) is 12.6 Å². The van der Waals surface area contributed by atoms with Crippen LogP contribution in [0.2, 0.25) is 0 Å². The Labute approximate surface area is 89.7 Å². The Bertz CT molecular complexity index is 376. The molecule has 1 aromatic carbocycles. The Kier molecular flexibility index (Phi) is 2.62. The van der Waals surface area contributed by atoms with Gasteiger partial charge in [0.1, 0.15) is 6.54 Å². The normalized spacial score (nSPS) is 18.8. The molecular weight excluding hydrogens is 190 g/mol. The van der Waals surface area contributed by atoms with Gasteiger partial charge < -0.3 is 9.64 Å². The Morgan fingerprint density at radius 3 is 3.00 bits per heavy atom. The van der Waals surface area contributed by atoms with E-state index < -0.39 is 0 Å². The first kappa shape index (κ1) is 10.0. The van der Waals surface area contributed by atoms with Crippen molar-refractivity contribution < 1.29 is 9.53 Å². The zero-order chi connectivity index (χ0) is 10.8. The number of benzene rings is 1. The van der Waals surface area contributed by atoms with Crippen molar-refractivity contribution in [1.29, 1.82) is 0 Å². The molecule has 0 saturated carbocycles. The third-order valence-electron chi connectivity index (χ3n) is 2.88. The molecule has 1 unspecified atom stereocenters. The SMILES string of the molecule is COC(=O)CN1c2ccccc2CC1C. The molecule has 0 spiro atoms. The van der Waals surface area contributed by atoms with E-state index >= 15 is 0 Å². The largest absolute Gasteiger partial charge is 0.468 e. The lowest BCUT2D eigenvalue weighted by atomic mass is 10.1. The highest BCUT2D eigenvalue weighted by Gasteiger charge is 2.26. The topological polar surface area (TPSA) is 29.5 Å². The van der Waals surface area contributed by atoms with Gasteiger partial charge >= 0.3 is 5.97 Å². The molecule has 1 aliphatic rings. The lowest BCUT2D eigenvalue weighted by Crippen LogP contribution is -2.34.